The molecule has 4 aromatic rings. The van der Waals surface area contributed by atoms with E-state index in [1.807, 2.05) is 85.8 Å². The molecule has 1 spiro atoms. The zero-order valence-corrected chi connectivity index (χ0v) is 26.2. The van der Waals surface area contributed by atoms with E-state index >= 15 is 4.39 Å². The Balaban J connectivity index is 1.22. The number of carbonyl (C=O) groups excluding carboxylic acids is 2. The van der Waals surface area contributed by atoms with E-state index in [0.717, 1.165) is 5.56 Å². The van der Waals surface area contributed by atoms with Crippen LogP contribution in [0.5, 0.6) is 0 Å². The summed E-state index contributed by atoms with van der Waals surface area (Å²) in [7, 11) is 0. The third kappa shape index (κ3) is 5.00. The van der Waals surface area contributed by atoms with Crippen LogP contribution in [0.3, 0.4) is 0 Å². The Kier molecular flexibility index (Phi) is 7.52. The van der Waals surface area contributed by atoms with Crippen LogP contribution in [0, 0.1) is 11.8 Å². The second kappa shape index (κ2) is 11.4. The summed E-state index contributed by atoms with van der Waals surface area (Å²) in [5.74, 6) is -1.33. The maximum Gasteiger partial charge on any atom is 0.264 e. The van der Waals surface area contributed by atoms with E-state index in [4.69, 9.17) is 4.74 Å². The highest BCUT2D eigenvalue weighted by Crippen LogP contribution is 2.59. The molecular weight excluding hydrogens is 585 g/mol. The highest BCUT2D eigenvalue weighted by molar-refractivity contribution is 6.08. The lowest BCUT2D eigenvalue weighted by Gasteiger charge is -2.33. The first kappa shape index (κ1) is 30.3. The Bertz CT molecular complexity index is 1760. The van der Waals surface area contributed by atoms with Gasteiger partial charge >= 0.3 is 0 Å². The number of hydrogen-bond donors (Lipinski definition) is 1. The molecular formula is C36H38FN5O4. The minimum atomic E-state index is -1.66. The summed E-state index contributed by atoms with van der Waals surface area (Å²) in [6.07, 6.45) is 1.01. The van der Waals surface area contributed by atoms with Crippen molar-refractivity contribution in [2.75, 3.05) is 16.3 Å². The fourth-order valence-electron chi connectivity index (χ4n) is 7.60. The largest absolute Gasteiger partial charge is 0.382 e. The molecule has 7 rings (SSSR count). The smallest absolute Gasteiger partial charge is 0.264 e. The number of carbonyl (C=O) groups is 2. The lowest BCUT2D eigenvalue weighted by Crippen LogP contribution is -2.46. The van der Waals surface area contributed by atoms with Gasteiger partial charge in [0.05, 0.1) is 24.5 Å². The van der Waals surface area contributed by atoms with Gasteiger partial charge < -0.3 is 19.6 Å². The summed E-state index contributed by atoms with van der Waals surface area (Å²) >= 11 is 0. The Morgan fingerprint density at radius 3 is 2.43 bits per heavy atom. The number of ether oxygens (including phenoxy) is 1. The fraction of sp³-hybridized carbons (Fsp3) is 0.389. The molecule has 0 unspecified atom stereocenters. The van der Waals surface area contributed by atoms with Gasteiger partial charge in [-0.05, 0) is 49.6 Å². The molecule has 0 saturated carbocycles. The zero-order chi connectivity index (χ0) is 32.2. The maximum atomic E-state index is 16.2. The molecule has 2 saturated heterocycles. The average Bonchev–Trinajstić information content (AvgIpc) is 3.70. The van der Waals surface area contributed by atoms with Crippen LogP contribution in [-0.4, -0.2) is 50.2 Å². The molecule has 1 N–H and O–H groups in total. The Labute approximate surface area is 267 Å². The van der Waals surface area contributed by atoms with E-state index in [1.54, 1.807) is 34.5 Å². The molecule has 238 valence electrons. The number of rotatable bonds is 9. The van der Waals surface area contributed by atoms with Crippen molar-refractivity contribution < 1.29 is 23.8 Å². The number of fused-ring (bicyclic) bond motifs is 2. The third-order valence-electron chi connectivity index (χ3n) is 9.88. The summed E-state index contributed by atoms with van der Waals surface area (Å²) in [5, 5.41) is 19.2. The first-order valence-corrected chi connectivity index (χ1v) is 15.9. The monoisotopic (exact) mass is 623 g/mol. The minimum Gasteiger partial charge on any atom is -0.382 e. The van der Waals surface area contributed by atoms with Gasteiger partial charge in [-0.3, -0.25) is 14.3 Å². The fourth-order valence-corrected chi connectivity index (χ4v) is 7.60. The summed E-state index contributed by atoms with van der Waals surface area (Å²) in [5.41, 5.74) is 1.09. The number of nitrogens with zero attached hydrogens (tertiary/aromatic N) is 5. The van der Waals surface area contributed by atoms with Crippen molar-refractivity contribution in [3.8, 4) is 0 Å². The number of amides is 2. The molecule has 46 heavy (non-hydrogen) atoms. The van der Waals surface area contributed by atoms with Crippen LogP contribution >= 0.6 is 0 Å². The first-order valence-electron chi connectivity index (χ1n) is 15.9. The topological polar surface area (TPSA) is 101 Å². The molecule has 0 aliphatic carbocycles. The molecule has 4 heterocycles. The normalized spacial score (nSPS) is 24.8. The molecule has 3 aliphatic rings. The van der Waals surface area contributed by atoms with Crippen molar-refractivity contribution in [1.82, 2.24) is 15.0 Å². The number of alkyl halides is 1. The van der Waals surface area contributed by atoms with Gasteiger partial charge in [-0.15, -0.1) is 5.10 Å². The predicted octanol–water partition coefficient (Wildman–Crippen LogP) is 5.33. The van der Waals surface area contributed by atoms with Gasteiger partial charge in [-0.2, -0.15) is 0 Å². The molecule has 0 bridgehead atoms. The van der Waals surface area contributed by atoms with Crippen molar-refractivity contribution in [2.45, 2.75) is 70.2 Å². The van der Waals surface area contributed by atoms with E-state index in [9.17, 15) is 14.7 Å². The molecule has 3 aromatic carbocycles. The number of anilines is 2. The molecule has 3 aliphatic heterocycles. The second-order valence-corrected chi connectivity index (χ2v) is 13.2. The van der Waals surface area contributed by atoms with Crippen molar-refractivity contribution >= 4 is 23.2 Å². The standard InChI is InChI=1S/C36H38FN5O4/c1-23-32(35(2,3)37)30(16-18-40-22-28(38-39-40)33(44)25-12-8-5-9-13-25)46-36(23)27-20-26(41-19-17-31(41)43)14-15-29(27)42(34(36)45)21-24-10-6-4-7-11-24/h4-15,20,22-23,30,32-33,44H,16-19,21H2,1-3H3/t23-,30+,32-,33+,36+/m0/s1. The number of halogens is 1. The van der Waals surface area contributed by atoms with Crippen LogP contribution in [0.25, 0.3) is 0 Å². The zero-order valence-electron chi connectivity index (χ0n) is 26.2. The number of aliphatic hydroxyl groups is 1. The van der Waals surface area contributed by atoms with E-state index in [0.29, 0.717) is 60.7 Å². The summed E-state index contributed by atoms with van der Waals surface area (Å²) < 4.78 is 24.7. The van der Waals surface area contributed by atoms with Crippen LogP contribution in [0.4, 0.5) is 15.8 Å². The second-order valence-electron chi connectivity index (χ2n) is 13.2. The number of β-lactam (4-membered cyclic amide) rings is 1. The lowest BCUT2D eigenvalue weighted by molar-refractivity contribution is -0.146. The number of aryl methyl sites for hydroxylation is 1. The average molecular weight is 624 g/mol. The number of aromatic nitrogens is 3. The number of benzene rings is 3. The summed E-state index contributed by atoms with van der Waals surface area (Å²) in [6.45, 7) is 6.31. The maximum absolute atomic E-state index is 16.2. The third-order valence-corrected chi connectivity index (χ3v) is 9.88. The quantitative estimate of drug-likeness (QED) is 0.253. The van der Waals surface area contributed by atoms with Gasteiger partial charge in [0.1, 0.15) is 17.5 Å². The molecule has 9 nitrogen and oxygen atoms in total. The lowest BCUT2D eigenvalue weighted by atomic mass is 9.71. The van der Waals surface area contributed by atoms with Gasteiger partial charge in [0, 0.05) is 42.6 Å². The summed E-state index contributed by atoms with van der Waals surface area (Å²) in [6, 6.07) is 24.6. The van der Waals surface area contributed by atoms with Gasteiger partial charge in [0.2, 0.25) is 5.91 Å². The Hall–Kier alpha value is -4.41. The molecule has 10 heteroatoms. The van der Waals surface area contributed by atoms with Crippen LogP contribution in [0.1, 0.15) is 62.1 Å². The van der Waals surface area contributed by atoms with Crippen LogP contribution < -0.4 is 9.80 Å². The van der Waals surface area contributed by atoms with Gasteiger partial charge in [0.25, 0.3) is 5.91 Å². The summed E-state index contributed by atoms with van der Waals surface area (Å²) in [4.78, 5) is 30.5. The van der Waals surface area contributed by atoms with Crippen LogP contribution in [0.15, 0.2) is 85.1 Å². The van der Waals surface area contributed by atoms with Gasteiger partial charge in [0.15, 0.2) is 5.60 Å². The number of aliphatic hydroxyl groups excluding tert-OH is 1. The highest BCUT2D eigenvalue weighted by atomic mass is 19.1. The molecule has 0 radical (unpaired) electrons. The minimum absolute atomic E-state index is 0.0325. The van der Waals surface area contributed by atoms with E-state index in [-0.39, 0.29) is 11.8 Å². The van der Waals surface area contributed by atoms with E-state index in [1.165, 1.54) is 0 Å². The van der Waals surface area contributed by atoms with Crippen molar-refractivity contribution in [2.24, 2.45) is 11.8 Å². The van der Waals surface area contributed by atoms with Crippen LogP contribution in [0.2, 0.25) is 0 Å². The van der Waals surface area contributed by atoms with Crippen molar-refractivity contribution in [3.05, 3.63) is 107 Å². The highest BCUT2D eigenvalue weighted by Gasteiger charge is 2.66. The predicted molar refractivity (Wildman–Crippen MR) is 171 cm³/mol. The van der Waals surface area contributed by atoms with Crippen LogP contribution in [-0.2, 0) is 33.0 Å². The van der Waals surface area contributed by atoms with Gasteiger partial charge in [-0.1, -0.05) is 72.8 Å². The Morgan fingerprint density at radius 1 is 1.07 bits per heavy atom. The Morgan fingerprint density at radius 2 is 1.78 bits per heavy atom. The molecule has 1 aromatic heterocycles. The van der Waals surface area contributed by atoms with Crippen molar-refractivity contribution in [3.63, 3.8) is 0 Å². The van der Waals surface area contributed by atoms with E-state index in [2.05, 4.69) is 10.3 Å². The molecule has 2 amide bonds. The van der Waals surface area contributed by atoms with E-state index < -0.39 is 35.3 Å². The van der Waals surface area contributed by atoms with Gasteiger partial charge in [-0.25, -0.2) is 4.39 Å². The van der Waals surface area contributed by atoms with Crippen molar-refractivity contribution in [1.29, 1.82) is 0 Å². The first-order chi connectivity index (χ1) is 22.1. The number of hydrogen-bond acceptors (Lipinski definition) is 6. The molecule has 5 atom stereocenters. The SMILES string of the molecule is C[C@H]1[C@H](C(C)(C)F)[C@@H](CCn2cc([C@H](O)c3ccccc3)nn2)O[C@]12C(=O)N(Cc1ccccc1)c1ccc(N3CCC3=O)cc12. The molecule has 2 fully saturated rings.